The second kappa shape index (κ2) is 4.83. The molecule has 2 aromatic rings. The molecule has 1 aromatic carbocycles. The first kappa shape index (κ1) is 12.4. The summed E-state index contributed by atoms with van der Waals surface area (Å²) in [6, 6.07) is 5.68. The van der Waals surface area contributed by atoms with E-state index in [2.05, 4.69) is 19.7 Å². The van der Waals surface area contributed by atoms with Crippen LogP contribution in [0.1, 0.15) is 24.4 Å². The minimum Gasteiger partial charge on any atom is -0.389 e. The number of hydrogen-bond acceptors (Lipinski definition) is 4. The van der Waals surface area contributed by atoms with E-state index in [0.717, 1.165) is 30.2 Å². The van der Waals surface area contributed by atoms with E-state index < -0.39 is 6.10 Å². The van der Waals surface area contributed by atoms with Crippen LogP contribution in [0, 0.1) is 0 Å². The maximum atomic E-state index is 9.56. The summed E-state index contributed by atoms with van der Waals surface area (Å²) in [6.45, 7) is 4.16. The molecule has 1 N–H and O–H groups in total. The SMILES string of the molecule is CC(O)c1ccc(N2CCn3cnnc3C2)c(Cl)c1. The lowest BCUT2D eigenvalue weighted by molar-refractivity contribution is 0.199. The number of aromatic nitrogens is 3. The van der Waals surface area contributed by atoms with Crippen molar-refractivity contribution < 1.29 is 5.11 Å². The number of aliphatic hydroxyl groups is 1. The molecule has 1 unspecified atom stereocenters. The molecular formula is C13H15ClN4O. The Morgan fingerprint density at radius 2 is 2.21 bits per heavy atom. The zero-order valence-corrected chi connectivity index (χ0v) is 11.4. The minimum atomic E-state index is -0.504. The van der Waals surface area contributed by atoms with Crippen LogP contribution in [0.15, 0.2) is 24.5 Å². The van der Waals surface area contributed by atoms with E-state index in [9.17, 15) is 5.11 Å². The largest absolute Gasteiger partial charge is 0.389 e. The number of rotatable bonds is 2. The molecule has 0 fully saturated rings. The van der Waals surface area contributed by atoms with Gasteiger partial charge < -0.3 is 14.6 Å². The number of nitrogens with zero attached hydrogens (tertiary/aromatic N) is 4. The lowest BCUT2D eigenvalue weighted by Gasteiger charge is -2.30. The van der Waals surface area contributed by atoms with Crippen LogP contribution in [0.2, 0.25) is 5.02 Å². The zero-order valence-electron chi connectivity index (χ0n) is 10.6. The highest BCUT2D eigenvalue weighted by molar-refractivity contribution is 6.33. The van der Waals surface area contributed by atoms with Gasteiger partial charge in [-0.25, -0.2) is 0 Å². The number of hydrogen-bond donors (Lipinski definition) is 1. The molecule has 0 spiro atoms. The molecule has 1 aliphatic heterocycles. The van der Waals surface area contributed by atoms with E-state index in [1.54, 1.807) is 13.3 Å². The third-order valence-electron chi connectivity index (χ3n) is 3.43. The van der Waals surface area contributed by atoms with Gasteiger partial charge in [-0.05, 0) is 24.6 Å². The van der Waals surface area contributed by atoms with Gasteiger partial charge in [-0.3, -0.25) is 0 Å². The summed E-state index contributed by atoms with van der Waals surface area (Å²) >= 11 is 6.31. The topological polar surface area (TPSA) is 54.2 Å². The molecular weight excluding hydrogens is 264 g/mol. The van der Waals surface area contributed by atoms with Gasteiger partial charge in [0.1, 0.15) is 6.33 Å². The molecule has 1 aliphatic rings. The van der Waals surface area contributed by atoms with Crippen molar-refractivity contribution in [1.82, 2.24) is 14.8 Å². The first-order valence-corrected chi connectivity index (χ1v) is 6.62. The van der Waals surface area contributed by atoms with Gasteiger partial charge >= 0.3 is 0 Å². The maximum absolute atomic E-state index is 9.56. The van der Waals surface area contributed by atoms with Crippen LogP contribution in [0.5, 0.6) is 0 Å². The molecule has 3 rings (SSSR count). The van der Waals surface area contributed by atoms with Gasteiger partial charge in [-0.1, -0.05) is 17.7 Å². The molecule has 0 saturated heterocycles. The fourth-order valence-electron chi connectivity index (χ4n) is 2.31. The Morgan fingerprint density at radius 1 is 1.37 bits per heavy atom. The average molecular weight is 279 g/mol. The number of aliphatic hydroxyl groups excluding tert-OH is 1. The number of benzene rings is 1. The fraction of sp³-hybridized carbons (Fsp3) is 0.385. The monoisotopic (exact) mass is 278 g/mol. The Balaban J connectivity index is 1.88. The van der Waals surface area contributed by atoms with Gasteiger partial charge in [0.25, 0.3) is 0 Å². The van der Waals surface area contributed by atoms with Gasteiger partial charge in [0.05, 0.1) is 23.4 Å². The molecule has 100 valence electrons. The number of halogens is 1. The molecule has 1 atom stereocenters. The Labute approximate surface area is 116 Å². The highest BCUT2D eigenvalue weighted by atomic mass is 35.5. The summed E-state index contributed by atoms with van der Waals surface area (Å²) in [5, 5.41) is 18.2. The maximum Gasteiger partial charge on any atom is 0.152 e. The first-order chi connectivity index (χ1) is 9.15. The van der Waals surface area contributed by atoms with Crippen molar-refractivity contribution in [3.05, 3.63) is 40.9 Å². The lowest BCUT2D eigenvalue weighted by atomic mass is 10.1. The quantitative estimate of drug-likeness (QED) is 0.913. The normalized spacial score (nSPS) is 16.3. The van der Waals surface area contributed by atoms with E-state index in [0.29, 0.717) is 11.6 Å². The molecule has 0 saturated carbocycles. The summed E-state index contributed by atoms with van der Waals surface area (Å²) in [6.07, 6.45) is 1.25. The van der Waals surface area contributed by atoms with Crippen LogP contribution >= 0.6 is 11.6 Å². The molecule has 5 nitrogen and oxygen atoms in total. The van der Waals surface area contributed by atoms with Gasteiger partial charge in [0.2, 0.25) is 0 Å². The Morgan fingerprint density at radius 3 is 2.95 bits per heavy atom. The molecule has 0 aliphatic carbocycles. The van der Waals surface area contributed by atoms with Crippen molar-refractivity contribution in [1.29, 1.82) is 0 Å². The number of fused-ring (bicyclic) bond motifs is 1. The summed E-state index contributed by atoms with van der Waals surface area (Å²) in [4.78, 5) is 2.18. The molecule has 2 heterocycles. The fourth-order valence-corrected chi connectivity index (χ4v) is 2.62. The van der Waals surface area contributed by atoms with Crippen LogP contribution in [0.4, 0.5) is 5.69 Å². The van der Waals surface area contributed by atoms with Crippen LogP contribution in [-0.4, -0.2) is 26.4 Å². The second-order valence-corrected chi connectivity index (χ2v) is 5.16. The van der Waals surface area contributed by atoms with Crippen molar-refractivity contribution in [2.75, 3.05) is 11.4 Å². The summed E-state index contributed by atoms with van der Waals surface area (Å²) in [5.74, 6) is 0.946. The summed E-state index contributed by atoms with van der Waals surface area (Å²) in [5.41, 5.74) is 1.80. The highest BCUT2D eigenvalue weighted by Gasteiger charge is 2.19. The summed E-state index contributed by atoms with van der Waals surface area (Å²) in [7, 11) is 0. The van der Waals surface area contributed by atoms with Crippen LogP contribution in [0.25, 0.3) is 0 Å². The minimum absolute atomic E-state index is 0.504. The van der Waals surface area contributed by atoms with E-state index in [1.807, 2.05) is 18.2 Å². The van der Waals surface area contributed by atoms with Crippen molar-refractivity contribution in [2.45, 2.75) is 26.1 Å². The zero-order chi connectivity index (χ0) is 13.4. The van der Waals surface area contributed by atoms with Crippen LogP contribution in [0.3, 0.4) is 0 Å². The number of anilines is 1. The lowest BCUT2D eigenvalue weighted by Crippen LogP contribution is -2.33. The van der Waals surface area contributed by atoms with Gasteiger partial charge in [0.15, 0.2) is 5.82 Å². The van der Waals surface area contributed by atoms with Crippen molar-refractivity contribution in [2.24, 2.45) is 0 Å². The smallest absolute Gasteiger partial charge is 0.152 e. The third kappa shape index (κ3) is 2.31. The average Bonchev–Trinajstić information content (AvgIpc) is 2.85. The van der Waals surface area contributed by atoms with Crippen molar-refractivity contribution in [3.63, 3.8) is 0 Å². The van der Waals surface area contributed by atoms with E-state index in [-0.39, 0.29) is 0 Å². The van der Waals surface area contributed by atoms with Crippen molar-refractivity contribution in [3.8, 4) is 0 Å². The molecule has 6 heteroatoms. The van der Waals surface area contributed by atoms with E-state index >= 15 is 0 Å². The molecule has 0 radical (unpaired) electrons. The van der Waals surface area contributed by atoms with E-state index in [4.69, 9.17) is 11.6 Å². The Hall–Kier alpha value is -1.59. The first-order valence-electron chi connectivity index (χ1n) is 6.24. The molecule has 0 amide bonds. The van der Waals surface area contributed by atoms with Gasteiger partial charge in [0, 0.05) is 13.1 Å². The standard InChI is InChI=1S/C13H15ClN4O/c1-9(19)10-2-3-12(11(14)6-10)17-4-5-18-8-15-16-13(18)7-17/h2-3,6,8-9,19H,4-5,7H2,1H3. The van der Waals surface area contributed by atoms with Crippen molar-refractivity contribution >= 4 is 17.3 Å². The second-order valence-electron chi connectivity index (χ2n) is 4.75. The van der Waals surface area contributed by atoms with Gasteiger partial charge in [-0.15, -0.1) is 10.2 Å². The molecule has 1 aromatic heterocycles. The predicted octanol–water partition coefficient (Wildman–Crippen LogP) is 2.00. The van der Waals surface area contributed by atoms with Crippen LogP contribution in [-0.2, 0) is 13.1 Å². The Bertz CT molecular complexity index is 596. The summed E-state index contributed by atoms with van der Waals surface area (Å²) < 4.78 is 2.05. The Kier molecular flexibility index (Phi) is 3.16. The molecule has 19 heavy (non-hydrogen) atoms. The molecule has 0 bridgehead atoms. The predicted molar refractivity (Wildman–Crippen MR) is 73.2 cm³/mol. The van der Waals surface area contributed by atoms with Gasteiger partial charge in [-0.2, -0.15) is 0 Å². The van der Waals surface area contributed by atoms with E-state index in [1.165, 1.54) is 0 Å². The third-order valence-corrected chi connectivity index (χ3v) is 3.74. The van der Waals surface area contributed by atoms with Crippen LogP contribution < -0.4 is 4.90 Å². The highest BCUT2D eigenvalue weighted by Crippen LogP contribution is 2.30.